The Morgan fingerprint density at radius 3 is 2.00 bits per heavy atom. The molecule has 0 spiro atoms. The number of urea groups is 1. The van der Waals surface area contributed by atoms with E-state index in [4.69, 9.17) is 4.74 Å². The van der Waals surface area contributed by atoms with Crippen LogP contribution in [0, 0.1) is 0 Å². The lowest BCUT2D eigenvalue weighted by atomic mass is 10.2. The second-order valence-electron chi connectivity index (χ2n) is 6.12. The minimum Gasteiger partial charge on any atom is -0.378 e. The number of benzene rings is 1. The van der Waals surface area contributed by atoms with Crippen LogP contribution in [-0.2, 0) is 14.6 Å². The molecule has 0 aromatic heterocycles. The predicted octanol–water partition coefficient (Wildman–Crippen LogP) is 0.664. The molecular weight excluding hydrogens is 330 g/mol. The molecule has 0 N–H and O–H groups in total. The van der Waals surface area contributed by atoms with E-state index in [1.54, 1.807) is 12.1 Å². The second-order valence-corrected chi connectivity index (χ2v) is 8.14. The summed E-state index contributed by atoms with van der Waals surface area (Å²) in [6, 6.07) is 7.02. The van der Waals surface area contributed by atoms with Crippen molar-refractivity contribution >= 4 is 21.6 Å². The zero-order valence-corrected chi connectivity index (χ0v) is 14.7. The second kappa shape index (κ2) is 6.98. The van der Waals surface area contributed by atoms with Crippen LogP contribution in [0.2, 0.25) is 0 Å². The van der Waals surface area contributed by atoms with Crippen molar-refractivity contribution in [3.63, 3.8) is 0 Å². The van der Waals surface area contributed by atoms with E-state index in [-0.39, 0.29) is 6.03 Å². The van der Waals surface area contributed by atoms with Gasteiger partial charge >= 0.3 is 6.03 Å². The Labute approximate surface area is 142 Å². The van der Waals surface area contributed by atoms with Crippen molar-refractivity contribution in [1.29, 1.82) is 0 Å². The van der Waals surface area contributed by atoms with Gasteiger partial charge in [0, 0.05) is 51.2 Å². The van der Waals surface area contributed by atoms with Crippen molar-refractivity contribution in [1.82, 2.24) is 9.80 Å². The molecule has 0 aliphatic carbocycles. The van der Waals surface area contributed by atoms with Gasteiger partial charge in [0.05, 0.1) is 18.1 Å². The number of hydrogen-bond donors (Lipinski definition) is 0. The summed E-state index contributed by atoms with van der Waals surface area (Å²) in [4.78, 5) is 18.7. The molecule has 2 heterocycles. The maximum Gasteiger partial charge on any atom is 0.320 e. The first-order valence-corrected chi connectivity index (χ1v) is 10.0. The van der Waals surface area contributed by atoms with Gasteiger partial charge in [0.15, 0.2) is 9.84 Å². The molecule has 0 saturated carbocycles. The molecule has 2 fully saturated rings. The van der Waals surface area contributed by atoms with Gasteiger partial charge in [-0.1, -0.05) is 0 Å². The van der Waals surface area contributed by atoms with Crippen LogP contribution < -0.4 is 4.90 Å². The molecule has 2 amide bonds. The fraction of sp³-hybridized carbons (Fsp3) is 0.562. The van der Waals surface area contributed by atoms with Gasteiger partial charge < -0.3 is 19.4 Å². The molecule has 2 aliphatic rings. The van der Waals surface area contributed by atoms with E-state index in [2.05, 4.69) is 4.90 Å². The highest BCUT2D eigenvalue weighted by Gasteiger charge is 2.26. The number of sulfone groups is 1. The van der Waals surface area contributed by atoms with Gasteiger partial charge in [0.25, 0.3) is 0 Å². The molecule has 1 aromatic carbocycles. The first-order valence-electron chi connectivity index (χ1n) is 8.12. The molecular formula is C16H23N3O4S. The zero-order chi connectivity index (χ0) is 17.2. The van der Waals surface area contributed by atoms with Gasteiger partial charge in [-0.15, -0.1) is 0 Å². The number of carbonyl (C=O) groups excluding carboxylic acids is 1. The minimum absolute atomic E-state index is 0.0883. The number of anilines is 1. The summed E-state index contributed by atoms with van der Waals surface area (Å²) in [6.45, 7) is 5.37. The maximum atomic E-state index is 12.5. The van der Waals surface area contributed by atoms with Crippen LogP contribution >= 0.6 is 0 Å². The molecule has 8 heteroatoms. The van der Waals surface area contributed by atoms with Gasteiger partial charge in [0.1, 0.15) is 0 Å². The fourth-order valence-corrected chi connectivity index (χ4v) is 3.65. The van der Waals surface area contributed by atoms with E-state index >= 15 is 0 Å². The Morgan fingerprint density at radius 2 is 1.46 bits per heavy atom. The molecule has 1 aromatic rings. The summed E-state index contributed by atoms with van der Waals surface area (Å²) in [5, 5.41) is 0. The number of morpholine rings is 1. The van der Waals surface area contributed by atoms with E-state index in [9.17, 15) is 13.2 Å². The number of rotatable bonds is 2. The van der Waals surface area contributed by atoms with Crippen LogP contribution in [0.4, 0.5) is 10.5 Å². The standard InChI is InChI=1S/C16H23N3O4S/c1-24(21,22)15-4-2-14(3-5-15)17-6-8-18(9-7-17)16(20)19-10-12-23-13-11-19/h2-5H,6-13H2,1H3. The lowest BCUT2D eigenvalue weighted by Gasteiger charge is -2.39. The van der Waals surface area contributed by atoms with Crippen molar-refractivity contribution in [3.8, 4) is 0 Å². The van der Waals surface area contributed by atoms with Crippen molar-refractivity contribution in [2.75, 3.05) is 63.6 Å². The van der Waals surface area contributed by atoms with Gasteiger partial charge in [-0.05, 0) is 24.3 Å². The average Bonchev–Trinajstić information content (AvgIpc) is 2.61. The Morgan fingerprint density at radius 1 is 0.917 bits per heavy atom. The number of hydrogen-bond acceptors (Lipinski definition) is 5. The van der Waals surface area contributed by atoms with Crippen molar-refractivity contribution in [3.05, 3.63) is 24.3 Å². The van der Waals surface area contributed by atoms with E-state index in [1.807, 2.05) is 21.9 Å². The minimum atomic E-state index is -3.17. The van der Waals surface area contributed by atoms with Crippen molar-refractivity contribution in [2.24, 2.45) is 0 Å². The molecule has 7 nitrogen and oxygen atoms in total. The Kier molecular flexibility index (Phi) is 4.96. The molecule has 24 heavy (non-hydrogen) atoms. The van der Waals surface area contributed by atoms with E-state index < -0.39 is 9.84 Å². The lowest BCUT2D eigenvalue weighted by Crippen LogP contribution is -2.54. The summed E-state index contributed by atoms with van der Waals surface area (Å²) in [7, 11) is -3.17. The summed E-state index contributed by atoms with van der Waals surface area (Å²) in [5.74, 6) is 0. The highest BCUT2D eigenvalue weighted by Crippen LogP contribution is 2.20. The Balaban J connectivity index is 1.57. The largest absolute Gasteiger partial charge is 0.378 e. The molecule has 0 unspecified atom stereocenters. The van der Waals surface area contributed by atoms with E-state index in [0.717, 1.165) is 18.8 Å². The van der Waals surface area contributed by atoms with E-state index in [0.29, 0.717) is 44.3 Å². The first-order chi connectivity index (χ1) is 11.4. The van der Waals surface area contributed by atoms with Crippen LogP contribution in [0.1, 0.15) is 0 Å². The predicted molar refractivity (Wildman–Crippen MR) is 91.1 cm³/mol. The quantitative estimate of drug-likeness (QED) is 0.781. The lowest BCUT2D eigenvalue weighted by molar-refractivity contribution is 0.0428. The molecule has 0 radical (unpaired) electrons. The highest BCUT2D eigenvalue weighted by molar-refractivity contribution is 7.90. The average molecular weight is 353 g/mol. The van der Waals surface area contributed by atoms with Crippen LogP contribution in [0.3, 0.4) is 0 Å². The number of ether oxygens (including phenoxy) is 1. The normalized spacial score (nSPS) is 19.5. The number of piperazine rings is 1. The third kappa shape index (κ3) is 3.81. The zero-order valence-electron chi connectivity index (χ0n) is 13.8. The van der Waals surface area contributed by atoms with E-state index in [1.165, 1.54) is 6.26 Å². The van der Waals surface area contributed by atoms with Gasteiger partial charge in [-0.25, -0.2) is 13.2 Å². The maximum absolute atomic E-state index is 12.5. The van der Waals surface area contributed by atoms with Gasteiger partial charge in [-0.3, -0.25) is 0 Å². The van der Waals surface area contributed by atoms with Crippen molar-refractivity contribution in [2.45, 2.75) is 4.90 Å². The van der Waals surface area contributed by atoms with Crippen LogP contribution in [0.5, 0.6) is 0 Å². The number of amides is 2. The summed E-state index contributed by atoms with van der Waals surface area (Å²) in [6.07, 6.45) is 1.21. The fourth-order valence-electron chi connectivity index (χ4n) is 3.01. The monoisotopic (exact) mass is 353 g/mol. The smallest absolute Gasteiger partial charge is 0.320 e. The Hall–Kier alpha value is -1.80. The van der Waals surface area contributed by atoms with Crippen molar-refractivity contribution < 1.29 is 17.9 Å². The molecule has 2 aliphatic heterocycles. The van der Waals surface area contributed by atoms with Crippen LogP contribution in [0.15, 0.2) is 29.2 Å². The third-order valence-corrected chi connectivity index (χ3v) is 5.59. The third-order valence-electron chi connectivity index (χ3n) is 4.46. The molecule has 3 rings (SSSR count). The highest BCUT2D eigenvalue weighted by atomic mass is 32.2. The van der Waals surface area contributed by atoms with Gasteiger partial charge in [0.2, 0.25) is 0 Å². The SMILES string of the molecule is CS(=O)(=O)c1ccc(N2CCN(C(=O)N3CCOCC3)CC2)cc1. The molecule has 0 atom stereocenters. The molecule has 132 valence electrons. The van der Waals surface area contributed by atoms with Crippen LogP contribution in [-0.4, -0.2) is 83.0 Å². The number of carbonyl (C=O) groups is 1. The summed E-state index contributed by atoms with van der Waals surface area (Å²) >= 11 is 0. The summed E-state index contributed by atoms with van der Waals surface area (Å²) in [5.41, 5.74) is 0.987. The molecule has 2 saturated heterocycles. The molecule has 0 bridgehead atoms. The van der Waals surface area contributed by atoms with Crippen LogP contribution in [0.25, 0.3) is 0 Å². The van der Waals surface area contributed by atoms with Gasteiger partial charge in [-0.2, -0.15) is 0 Å². The summed E-state index contributed by atoms with van der Waals surface area (Å²) < 4.78 is 28.3. The Bertz CT molecular complexity index is 676. The number of nitrogens with zero attached hydrogens (tertiary/aromatic N) is 3. The first kappa shape index (κ1) is 17.0. The topological polar surface area (TPSA) is 70.2 Å².